The van der Waals surface area contributed by atoms with Crippen molar-refractivity contribution < 1.29 is 24.6 Å². The van der Waals surface area contributed by atoms with Gasteiger partial charge in [-0.2, -0.15) is 9.80 Å². The molecule has 2 N–H and O–H groups in total. The van der Waals surface area contributed by atoms with Gasteiger partial charge in [-0.3, -0.25) is 0 Å². The van der Waals surface area contributed by atoms with Crippen LogP contribution in [0.3, 0.4) is 0 Å². The van der Waals surface area contributed by atoms with Gasteiger partial charge >= 0.3 is 18.1 Å². The summed E-state index contributed by atoms with van der Waals surface area (Å²) in [6.45, 7) is 0.356. The van der Waals surface area contributed by atoms with Gasteiger partial charge in [0.1, 0.15) is 12.1 Å². The fourth-order valence-electron chi connectivity index (χ4n) is 5.71. The summed E-state index contributed by atoms with van der Waals surface area (Å²) in [6, 6.07) is 5.89. The van der Waals surface area contributed by atoms with E-state index in [1.54, 1.807) is 0 Å². The van der Waals surface area contributed by atoms with Crippen LogP contribution in [0.1, 0.15) is 44.1 Å². The zero-order valence-corrected chi connectivity index (χ0v) is 16.2. The Bertz CT molecular complexity index is 885. The van der Waals surface area contributed by atoms with Crippen molar-refractivity contribution in [3.8, 4) is 0 Å². The Morgan fingerprint density at radius 3 is 2.41 bits per heavy atom. The maximum Gasteiger partial charge on any atom is 0.544 e. The van der Waals surface area contributed by atoms with E-state index in [2.05, 4.69) is 0 Å². The summed E-state index contributed by atoms with van der Waals surface area (Å²) < 4.78 is -0.493. The molecule has 0 bridgehead atoms. The maximum absolute atomic E-state index is 13.6. The van der Waals surface area contributed by atoms with Crippen LogP contribution < -0.4 is 4.59 Å². The number of para-hydroxylation sites is 1. The minimum Gasteiger partial charge on any atom is -0.480 e. The molecule has 2 aliphatic heterocycles. The molecule has 2 aliphatic carbocycles. The zero-order chi connectivity index (χ0) is 20.3. The molecule has 1 aromatic carbocycles. The first-order chi connectivity index (χ1) is 14.0. The second-order valence-electron chi connectivity index (χ2n) is 8.75. The van der Waals surface area contributed by atoms with Crippen LogP contribution in [-0.4, -0.2) is 62.9 Å². The van der Waals surface area contributed by atoms with Crippen molar-refractivity contribution in [2.24, 2.45) is 5.92 Å². The summed E-state index contributed by atoms with van der Waals surface area (Å²) in [6.07, 6.45) is 4.38. The van der Waals surface area contributed by atoms with Gasteiger partial charge in [-0.25, -0.2) is 9.59 Å². The predicted octanol–water partition coefficient (Wildman–Crippen LogP) is 3.06. The molecule has 3 amide bonds. The number of nitrogens with zero attached hydrogens (tertiary/aromatic N) is 3. The standard InChI is InChI=1S/C21H25N3O5/c25-19(26)16-10-11-22(16)20(27)23(15-8-9-15)24(21(28)29)17-6-2-1-4-13(17)12-14-5-3-7-18(14)24/h1-2,4,6,14-16,18H,3,5,7-12H2,(H-,25,26,28,29)/p+1/t14-,16+,18-,24?/m1/s1. The van der Waals surface area contributed by atoms with E-state index in [4.69, 9.17) is 0 Å². The Labute approximate surface area is 168 Å². The first-order valence-corrected chi connectivity index (χ1v) is 10.5. The lowest BCUT2D eigenvalue weighted by molar-refractivity contribution is -0.147. The van der Waals surface area contributed by atoms with E-state index in [0.717, 1.165) is 44.1 Å². The number of carboxylic acid groups (broad SMARTS) is 2. The molecular formula is C21H26N3O5+. The number of carboxylic acids is 1. The van der Waals surface area contributed by atoms with Crippen molar-refractivity contribution in [1.82, 2.24) is 14.5 Å². The molecule has 4 aliphatic rings. The van der Waals surface area contributed by atoms with Gasteiger partial charge in [0.2, 0.25) is 0 Å². The van der Waals surface area contributed by atoms with Gasteiger partial charge in [0.05, 0.1) is 6.04 Å². The van der Waals surface area contributed by atoms with Crippen molar-refractivity contribution >= 4 is 23.8 Å². The lowest BCUT2D eigenvalue weighted by Gasteiger charge is -2.51. The van der Waals surface area contributed by atoms with Gasteiger partial charge in [-0.05, 0) is 38.5 Å². The molecule has 2 heterocycles. The average Bonchev–Trinajstić information content (AvgIpc) is 3.35. The molecule has 0 radical (unpaired) electrons. The van der Waals surface area contributed by atoms with E-state index >= 15 is 0 Å². The molecular weight excluding hydrogens is 374 g/mol. The molecule has 154 valence electrons. The van der Waals surface area contributed by atoms with E-state index < -0.39 is 28.7 Å². The minimum absolute atomic E-state index is 0.166. The Morgan fingerprint density at radius 2 is 1.79 bits per heavy atom. The van der Waals surface area contributed by atoms with Crippen LogP contribution in [0.25, 0.3) is 0 Å². The number of urea groups is 1. The topological polar surface area (TPSA) is 98.2 Å². The molecule has 1 unspecified atom stereocenters. The van der Waals surface area contributed by atoms with Crippen molar-refractivity contribution in [3.05, 3.63) is 29.8 Å². The molecule has 8 heteroatoms. The van der Waals surface area contributed by atoms with Crippen LogP contribution >= 0.6 is 0 Å². The molecule has 1 saturated heterocycles. The SMILES string of the molecule is O=C(O)[C@@H]1CCN1C(=O)N(C1CC1)[N+]1(C(=O)O)c2ccccc2C[C@H]2CCC[C@H]21. The molecule has 4 atom stereocenters. The van der Waals surface area contributed by atoms with E-state index in [0.29, 0.717) is 18.7 Å². The lowest BCUT2D eigenvalue weighted by atomic mass is 9.86. The highest BCUT2D eigenvalue weighted by atomic mass is 16.4. The van der Waals surface area contributed by atoms with E-state index in [-0.39, 0.29) is 18.0 Å². The molecule has 1 aromatic rings. The van der Waals surface area contributed by atoms with Gasteiger partial charge in [-0.1, -0.05) is 22.8 Å². The van der Waals surface area contributed by atoms with Crippen LogP contribution in [-0.2, 0) is 11.2 Å². The predicted molar refractivity (Wildman–Crippen MR) is 104 cm³/mol. The molecule has 8 nitrogen and oxygen atoms in total. The maximum atomic E-state index is 13.6. The van der Waals surface area contributed by atoms with Gasteiger partial charge in [-0.15, -0.1) is 0 Å². The number of hydrogen-bond donors (Lipinski definition) is 2. The lowest BCUT2D eigenvalue weighted by Crippen LogP contribution is -2.76. The summed E-state index contributed by atoms with van der Waals surface area (Å²) in [4.78, 5) is 39.6. The molecule has 29 heavy (non-hydrogen) atoms. The smallest absolute Gasteiger partial charge is 0.480 e. The molecule has 5 rings (SSSR count). The number of amides is 3. The summed E-state index contributed by atoms with van der Waals surface area (Å²) in [7, 11) is 0. The second-order valence-corrected chi connectivity index (χ2v) is 8.75. The number of carbonyl (C=O) groups excluding carboxylic acids is 1. The largest absolute Gasteiger partial charge is 0.544 e. The number of carbonyl (C=O) groups is 3. The van der Waals surface area contributed by atoms with Crippen LogP contribution in [0.4, 0.5) is 15.3 Å². The van der Waals surface area contributed by atoms with E-state index in [1.807, 2.05) is 24.3 Å². The van der Waals surface area contributed by atoms with Gasteiger partial charge in [0.15, 0.2) is 5.69 Å². The van der Waals surface area contributed by atoms with Crippen LogP contribution in [0, 0.1) is 5.92 Å². The highest BCUT2D eigenvalue weighted by Gasteiger charge is 2.65. The number of benzene rings is 1. The first kappa shape index (κ1) is 18.4. The van der Waals surface area contributed by atoms with Crippen LogP contribution in [0.2, 0.25) is 0 Å². The summed E-state index contributed by atoms with van der Waals surface area (Å²) in [5.74, 6) is -0.818. The van der Waals surface area contributed by atoms with E-state index in [1.165, 1.54) is 9.91 Å². The third-order valence-electron chi connectivity index (χ3n) is 7.21. The van der Waals surface area contributed by atoms with Crippen molar-refractivity contribution in [1.29, 1.82) is 0 Å². The Morgan fingerprint density at radius 1 is 1.03 bits per heavy atom. The third kappa shape index (κ3) is 2.51. The summed E-state index contributed by atoms with van der Waals surface area (Å²) in [5.41, 5.74) is 1.64. The highest BCUT2D eigenvalue weighted by Crippen LogP contribution is 2.51. The Kier molecular flexibility index (Phi) is 4.10. The van der Waals surface area contributed by atoms with Crippen molar-refractivity contribution in [2.75, 3.05) is 6.54 Å². The molecule has 0 spiro atoms. The molecule has 2 saturated carbocycles. The van der Waals surface area contributed by atoms with Crippen LogP contribution in [0.5, 0.6) is 0 Å². The van der Waals surface area contributed by atoms with Gasteiger partial charge < -0.3 is 15.1 Å². The van der Waals surface area contributed by atoms with Crippen LogP contribution in [0.15, 0.2) is 24.3 Å². The Hall–Kier alpha value is -2.61. The summed E-state index contributed by atoms with van der Waals surface area (Å²) >= 11 is 0. The molecule has 3 fully saturated rings. The second kappa shape index (κ2) is 6.45. The first-order valence-electron chi connectivity index (χ1n) is 10.5. The molecule has 0 aromatic heterocycles. The monoisotopic (exact) mass is 400 g/mol. The van der Waals surface area contributed by atoms with E-state index in [9.17, 15) is 24.6 Å². The number of hydrogen-bond acceptors (Lipinski definition) is 3. The Balaban J connectivity index is 1.67. The minimum atomic E-state index is -1.04. The fourth-order valence-corrected chi connectivity index (χ4v) is 5.71. The number of quaternary nitrogens is 1. The fraction of sp³-hybridized carbons (Fsp3) is 0.571. The van der Waals surface area contributed by atoms with Crippen molar-refractivity contribution in [2.45, 2.75) is 63.1 Å². The summed E-state index contributed by atoms with van der Waals surface area (Å²) in [5, 5.41) is 21.6. The third-order valence-corrected chi connectivity index (χ3v) is 7.21. The quantitative estimate of drug-likeness (QED) is 0.744. The number of aliphatic carboxylic acids is 1. The zero-order valence-electron chi connectivity index (χ0n) is 16.2. The highest BCUT2D eigenvalue weighted by molar-refractivity contribution is 5.91. The normalized spacial score (nSPS) is 32.7. The van der Waals surface area contributed by atoms with Crippen molar-refractivity contribution in [3.63, 3.8) is 0 Å². The average molecular weight is 400 g/mol. The van der Waals surface area contributed by atoms with Gasteiger partial charge in [0.25, 0.3) is 0 Å². The number of likely N-dealkylation sites (tertiary alicyclic amines) is 1. The number of fused-ring (bicyclic) bond motifs is 2. The van der Waals surface area contributed by atoms with Gasteiger partial charge in [0, 0.05) is 30.5 Å². The number of rotatable bonds is 2.